The van der Waals surface area contributed by atoms with Crippen molar-refractivity contribution in [1.29, 1.82) is 0 Å². The molecule has 218 valence electrons. The predicted molar refractivity (Wildman–Crippen MR) is 157 cm³/mol. The Morgan fingerprint density at radius 3 is 2.51 bits per heavy atom. The SMILES string of the molecule is C[C@@H]1[C@@H]([Si](C)(C)O)[C@H](CC(=O)N2CCC[C@H]2CO)O[C@@]12C(=O)N(Cc1ccccc1)c1ccc(N3CCC3=O)cc12. The number of carbonyl (C=O) groups is 3. The number of anilines is 2. The maximum absolute atomic E-state index is 14.6. The molecule has 0 radical (unpaired) electrons. The molecular formula is C31H39N3O6Si. The number of hydrogen-bond donors (Lipinski definition) is 2. The van der Waals surface area contributed by atoms with Crippen molar-refractivity contribution < 1.29 is 29.0 Å². The second-order valence-corrected chi connectivity index (χ2v) is 16.5. The first kappa shape index (κ1) is 28.1. The van der Waals surface area contributed by atoms with Gasteiger partial charge in [-0.3, -0.25) is 14.4 Å². The average Bonchev–Trinajstić information content (AvgIpc) is 3.59. The molecule has 3 amide bonds. The second kappa shape index (κ2) is 10.3. The molecule has 2 N–H and O–H groups in total. The van der Waals surface area contributed by atoms with Gasteiger partial charge in [-0.1, -0.05) is 37.3 Å². The number of nitrogens with zero attached hydrogens (tertiary/aromatic N) is 3. The Balaban J connectivity index is 1.42. The minimum Gasteiger partial charge on any atom is -0.432 e. The summed E-state index contributed by atoms with van der Waals surface area (Å²) >= 11 is 0. The molecule has 0 unspecified atom stereocenters. The molecule has 2 aromatic rings. The van der Waals surface area contributed by atoms with Crippen molar-refractivity contribution >= 4 is 37.4 Å². The Morgan fingerprint density at radius 2 is 1.88 bits per heavy atom. The van der Waals surface area contributed by atoms with E-state index in [2.05, 4.69) is 0 Å². The number of ether oxygens (including phenoxy) is 1. The third-order valence-corrected chi connectivity index (χ3v) is 12.1. The number of fused-ring (bicyclic) bond motifs is 2. The van der Waals surface area contributed by atoms with Crippen LogP contribution >= 0.6 is 0 Å². The van der Waals surface area contributed by atoms with E-state index in [9.17, 15) is 24.3 Å². The number of hydrogen-bond acceptors (Lipinski definition) is 6. The van der Waals surface area contributed by atoms with E-state index in [4.69, 9.17) is 4.74 Å². The zero-order valence-corrected chi connectivity index (χ0v) is 25.0. The van der Waals surface area contributed by atoms with Crippen LogP contribution in [0.25, 0.3) is 0 Å². The molecule has 4 heterocycles. The normalized spacial score (nSPS) is 29.4. The van der Waals surface area contributed by atoms with Gasteiger partial charge in [0.15, 0.2) is 13.9 Å². The highest BCUT2D eigenvalue weighted by Crippen LogP contribution is 2.60. The van der Waals surface area contributed by atoms with E-state index in [-0.39, 0.29) is 42.3 Å². The van der Waals surface area contributed by atoms with Crippen LogP contribution < -0.4 is 9.80 Å². The van der Waals surface area contributed by atoms with E-state index in [1.807, 2.05) is 68.5 Å². The molecule has 9 nitrogen and oxygen atoms in total. The van der Waals surface area contributed by atoms with E-state index in [0.717, 1.165) is 29.8 Å². The van der Waals surface area contributed by atoms with E-state index in [1.165, 1.54) is 0 Å². The Hall–Kier alpha value is -3.05. The van der Waals surface area contributed by atoms with Gasteiger partial charge in [0, 0.05) is 42.2 Å². The summed E-state index contributed by atoms with van der Waals surface area (Å²) in [7, 11) is -2.95. The first-order valence-electron chi connectivity index (χ1n) is 14.7. The molecule has 0 saturated carbocycles. The molecule has 0 bridgehead atoms. The van der Waals surface area contributed by atoms with Gasteiger partial charge in [-0.15, -0.1) is 0 Å². The van der Waals surface area contributed by atoms with E-state index >= 15 is 0 Å². The van der Waals surface area contributed by atoms with Crippen molar-refractivity contribution in [3.05, 3.63) is 59.7 Å². The quantitative estimate of drug-likeness (QED) is 0.387. The maximum Gasteiger partial charge on any atom is 0.264 e. The molecule has 1 spiro atoms. The fourth-order valence-corrected chi connectivity index (χ4v) is 10.1. The minimum atomic E-state index is -2.95. The highest BCUT2D eigenvalue weighted by molar-refractivity contribution is 6.71. The molecular weight excluding hydrogens is 538 g/mol. The van der Waals surface area contributed by atoms with Gasteiger partial charge in [-0.25, -0.2) is 0 Å². The maximum atomic E-state index is 14.6. The fourth-order valence-electron chi connectivity index (χ4n) is 7.59. The number of benzene rings is 2. The van der Waals surface area contributed by atoms with Crippen molar-refractivity contribution in [2.45, 2.75) is 75.5 Å². The lowest BCUT2D eigenvalue weighted by Gasteiger charge is -2.34. The number of rotatable bonds is 7. The standard InChI is InChI=1S/C31H39N3O6Si/c1-20-29(41(2,3)39)26(17-28(37)32-14-7-10-23(32)19-35)40-31(20)24-16-22(33-15-13-27(33)36)11-12-25(24)34(30(31)38)18-21-8-5-4-6-9-21/h4-6,8-9,11-12,16,20,23,26,29,35,39H,7,10,13-15,17-19H2,1-3H3/t20-,23+,26+,29-,31+/m1/s1. The first-order chi connectivity index (χ1) is 19.6. The topological polar surface area (TPSA) is 111 Å². The smallest absolute Gasteiger partial charge is 0.264 e. The summed E-state index contributed by atoms with van der Waals surface area (Å²) in [4.78, 5) is 57.2. The molecule has 4 aliphatic heterocycles. The third-order valence-electron chi connectivity index (χ3n) is 9.60. The Labute approximate surface area is 241 Å². The summed E-state index contributed by atoms with van der Waals surface area (Å²) < 4.78 is 6.85. The van der Waals surface area contributed by atoms with Crippen LogP contribution in [0, 0.1) is 5.92 Å². The highest BCUT2D eigenvalue weighted by atomic mass is 28.4. The summed E-state index contributed by atoms with van der Waals surface area (Å²) in [6.45, 7) is 7.13. The number of aliphatic hydroxyl groups excluding tert-OH is 1. The molecule has 5 atom stereocenters. The molecule has 3 fully saturated rings. The largest absolute Gasteiger partial charge is 0.432 e. The van der Waals surface area contributed by atoms with Gasteiger partial charge in [-0.2, -0.15) is 0 Å². The summed E-state index contributed by atoms with van der Waals surface area (Å²) in [5.41, 5.74) is 1.34. The van der Waals surface area contributed by atoms with Crippen LogP contribution in [0.5, 0.6) is 0 Å². The molecule has 41 heavy (non-hydrogen) atoms. The highest BCUT2D eigenvalue weighted by Gasteiger charge is 2.66. The Kier molecular flexibility index (Phi) is 7.08. The number of β-lactam (4-membered cyclic amide) rings is 1. The molecule has 0 aliphatic carbocycles. The lowest BCUT2D eigenvalue weighted by Crippen LogP contribution is -2.46. The minimum absolute atomic E-state index is 0.0375. The number of amides is 3. The van der Waals surface area contributed by atoms with Crippen molar-refractivity contribution in [2.75, 3.05) is 29.5 Å². The Bertz CT molecular complexity index is 1360. The summed E-state index contributed by atoms with van der Waals surface area (Å²) in [5, 5.41) is 9.81. The zero-order valence-electron chi connectivity index (χ0n) is 24.0. The van der Waals surface area contributed by atoms with Gasteiger partial charge >= 0.3 is 0 Å². The third kappa shape index (κ3) is 4.52. The van der Waals surface area contributed by atoms with E-state index in [1.54, 1.807) is 14.7 Å². The number of likely N-dealkylation sites (tertiary alicyclic amines) is 1. The van der Waals surface area contributed by atoms with Crippen molar-refractivity contribution in [3.8, 4) is 0 Å². The number of aliphatic hydroxyl groups is 1. The molecule has 3 saturated heterocycles. The van der Waals surface area contributed by atoms with Crippen LogP contribution in [0.1, 0.15) is 43.7 Å². The summed E-state index contributed by atoms with van der Waals surface area (Å²) in [6.07, 6.45) is 1.47. The fraction of sp³-hybridized carbons (Fsp3) is 0.516. The van der Waals surface area contributed by atoms with Crippen LogP contribution in [0.15, 0.2) is 48.5 Å². The zero-order chi connectivity index (χ0) is 29.1. The van der Waals surface area contributed by atoms with Gasteiger partial charge in [0.25, 0.3) is 5.91 Å². The average molecular weight is 578 g/mol. The van der Waals surface area contributed by atoms with Crippen LogP contribution in [0.4, 0.5) is 11.4 Å². The second-order valence-electron chi connectivity index (χ2n) is 12.5. The summed E-state index contributed by atoms with van der Waals surface area (Å²) in [5.74, 6) is -0.693. The molecule has 10 heteroatoms. The van der Waals surface area contributed by atoms with Crippen LogP contribution in [0.2, 0.25) is 18.6 Å². The molecule has 0 aromatic heterocycles. The van der Waals surface area contributed by atoms with Gasteiger partial charge in [0.2, 0.25) is 11.8 Å². The van der Waals surface area contributed by atoms with Crippen LogP contribution in [-0.2, 0) is 31.3 Å². The van der Waals surface area contributed by atoms with E-state index < -0.39 is 25.9 Å². The summed E-state index contributed by atoms with van der Waals surface area (Å²) in [6, 6.07) is 15.2. The first-order valence-corrected chi connectivity index (χ1v) is 17.7. The number of carbonyl (C=O) groups excluding carboxylic acids is 3. The van der Waals surface area contributed by atoms with Crippen molar-refractivity contribution in [3.63, 3.8) is 0 Å². The molecule has 6 rings (SSSR count). The van der Waals surface area contributed by atoms with E-state index in [0.29, 0.717) is 31.6 Å². The predicted octanol–water partition coefficient (Wildman–Crippen LogP) is 3.14. The molecule has 4 aliphatic rings. The van der Waals surface area contributed by atoms with Gasteiger partial charge in [-0.05, 0) is 49.7 Å². The van der Waals surface area contributed by atoms with Crippen molar-refractivity contribution in [1.82, 2.24) is 4.90 Å². The van der Waals surface area contributed by atoms with Crippen LogP contribution in [-0.4, -0.2) is 72.7 Å². The van der Waals surface area contributed by atoms with Crippen LogP contribution in [0.3, 0.4) is 0 Å². The van der Waals surface area contributed by atoms with Gasteiger partial charge in [0.05, 0.1) is 37.4 Å². The van der Waals surface area contributed by atoms with Gasteiger partial charge < -0.3 is 29.3 Å². The Morgan fingerprint density at radius 1 is 1.12 bits per heavy atom. The lowest BCUT2D eigenvalue weighted by molar-refractivity contribution is -0.150. The van der Waals surface area contributed by atoms with Crippen molar-refractivity contribution in [2.24, 2.45) is 5.92 Å². The molecule has 2 aromatic carbocycles. The monoisotopic (exact) mass is 577 g/mol. The van der Waals surface area contributed by atoms with Gasteiger partial charge in [0.1, 0.15) is 0 Å². The lowest BCUT2D eigenvalue weighted by atomic mass is 9.82.